The second-order valence-electron chi connectivity index (χ2n) is 10.7. The molecular formula is C38H28Cl2HfSi. The number of allylic oxidation sites excluding steroid dienone is 4. The largest absolute Gasteiger partial charge is 1.00 e. The predicted molar refractivity (Wildman–Crippen MR) is 168 cm³/mol. The van der Waals surface area contributed by atoms with Crippen molar-refractivity contribution in [3.63, 3.8) is 0 Å². The van der Waals surface area contributed by atoms with Crippen molar-refractivity contribution in [2.24, 2.45) is 0 Å². The molecule has 0 nitrogen and oxygen atoms in total. The van der Waals surface area contributed by atoms with Gasteiger partial charge in [-0.3, -0.25) is 0 Å². The SMILES string of the molecule is C1=CC[C]([Hf+2]([CH]2c3ccccc3-c3c2c2ccccc2c2ccccc32)=[Si](c2ccccc2)c2ccccc2)=C1.[Cl-].[Cl-]. The van der Waals surface area contributed by atoms with Crippen LogP contribution < -0.4 is 35.2 Å². The smallest absolute Gasteiger partial charge is 1.00 e. The number of hydrogen-bond donors (Lipinski definition) is 0. The van der Waals surface area contributed by atoms with Gasteiger partial charge in [0.25, 0.3) is 0 Å². The molecule has 0 radical (unpaired) electrons. The standard InChI is InChI=1S/C21H13.C12H10Si.C5H5.2ClH.Hf/c1-2-8-15-14(7-1)13-20-18-11-4-3-9-16(18)17-10-5-6-12-19(17)21(15)20;1-3-7-11(8-4-1)13-12-9-5-2-6-10-12;1-2-4-5-3-1;;;/h1-13H;1-10H;1-3H,4H2;2*1H;/q;;;;;+2/p-2. The van der Waals surface area contributed by atoms with Crippen LogP contribution in [0.3, 0.4) is 0 Å². The fourth-order valence-corrected chi connectivity index (χ4v) is 38.1. The van der Waals surface area contributed by atoms with E-state index in [2.05, 4.69) is 152 Å². The van der Waals surface area contributed by atoms with Crippen molar-refractivity contribution in [3.8, 4) is 11.1 Å². The molecule has 0 fully saturated rings. The molecule has 2 aliphatic carbocycles. The first kappa shape index (κ1) is 29.1. The van der Waals surface area contributed by atoms with Crippen molar-refractivity contribution >= 4 is 37.4 Å². The second kappa shape index (κ2) is 12.3. The molecule has 0 heterocycles. The maximum absolute atomic E-state index is 2.76. The van der Waals surface area contributed by atoms with Crippen LogP contribution in [0.4, 0.5) is 0 Å². The number of halogens is 2. The Bertz CT molecular complexity index is 1990. The van der Waals surface area contributed by atoms with Gasteiger partial charge in [-0.25, -0.2) is 0 Å². The van der Waals surface area contributed by atoms with Crippen LogP contribution in [0.1, 0.15) is 21.2 Å². The van der Waals surface area contributed by atoms with Crippen LogP contribution in [0.5, 0.6) is 0 Å². The Morgan fingerprint density at radius 3 is 1.69 bits per heavy atom. The molecule has 42 heavy (non-hydrogen) atoms. The molecule has 1 atom stereocenters. The number of benzene rings is 6. The van der Waals surface area contributed by atoms with Gasteiger partial charge in [0.2, 0.25) is 0 Å². The van der Waals surface area contributed by atoms with E-state index in [1.165, 1.54) is 32.7 Å². The van der Waals surface area contributed by atoms with E-state index in [1.807, 2.05) is 0 Å². The topological polar surface area (TPSA) is 0 Å². The van der Waals surface area contributed by atoms with Crippen LogP contribution in [0.25, 0.3) is 32.7 Å². The fraction of sp³-hybridized carbons (Fsp3) is 0.0526. The molecule has 0 saturated carbocycles. The van der Waals surface area contributed by atoms with Gasteiger partial charge in [-0.1, -0.05) is 0 Å². The summed E-state index contributed by atoms with van der Waals surface area (Å²) in [6, 6.07) is 50.8. The van der Waals surface area contributed by atoms with E-state index in [0.717, 1.165) is 6.42 Å². The van der Waals surface area contributed by atoms with Crippen molar-refractivity contribution in [2.45, 2.75) is 10.1 Å². The van der Waals surface area contributed by atoms with E-state index in [4.69, 9.17) is 0 Å². The Hall–Kier alpha value is -3.01. The van der Waals surface area contributed by atoms with Gasteiger partial charge in [-0.15, -0.1) is 0 Å². The molecule has 6 aromatic rings. The van der Waals surface area contributed by atoms with Crippen LogP contribution in [0.15, 0.2) is 155 Å². The maximum atomic E-state index is 2.52. The van der Waals surface area contributed by atoms with Crippen molar-refractivity contribution in [1.82, 2.24) is 0 Å². The quantitative estimate of drug-likeness (QED) is 0.192. The number of fused-ring (bicyclic) bond motifs is 8. The van der Waals surface area contributed by atoms with Gasteiger partial charge in [-0.2, -0.15) is 0 Å². The first-order chi connectivity index (χ1) is 19.9. The molecule has 1 unspecified atom stereocenters. The van der Waals surface area contributed by atoms with Gasteiger partial charge >= 0.3 is 245 Å². The van der Waals surface area contributed by atoms with E-state index in [1.54, 1.807) is 24.8 Å². The molecule has 202 valence electrons. The van der Waals surface area contributed by atoms with Crippen molar-refractivity contribution in [3.05, 3.63) is 166 Å². The molecule has 0 amide bonds. The van der Waals surface area contributed by atoms with Crippen LogP contribution in [-0.2, 0) is 20.1 Å². The Kier molecular flexibility index (Phi) is 8.52. The third kappa shape index (κ3) is 4.70. The van der Waals surface area contributed by atoms with Gasteiger partial charge in [0.05, 0.1) is 0 Å². The van der Waals surface area contributed by atoms with E-state index in [9.17, 15) is 0 Å². The van der Waals surface area contributed by atoms with Gasteiger partial charge in [0, 0.05) is 0 Å². The summed E-state index contributed by atoms with van der Waals surface area (Å²) in [5, 5.41) is 8.77. The average Bonchev–Trinajstić information content (AvgIpc) is 3.68. The van der Waals surface area contributed by atoms with Gasteiger partial charge < -0.3 is 24.8 Å². The van der Waals surface area contributed by atoms with Crippen molar-refractivity contribution in [1.29, 1.82) is 0 Å². The summed E-state index contributed by atoms with van der Waals surface area (Å²) in [6.45, 7) is 0. The van der Waals surface area contributed by atoms with E-state index in [-0.39, 0.29) is 24.8 Å². The zero-order valence-corrected chi connectivity index (χ0v) is 29.1. The summed E-state index contributed by atoms with van der Waals surface area (Å²) in [7, 11) is 0. The molecule has 6 aromatic carbocycles. The predicted octanol–water partition coefficient (Wildman–Crippen LogP) is 2.34. The molecule has 4 heteroatoms. The van der Waals surface area contributed by atoms with Crippen LogP contribution in [0, 0.1) is 0 Å². The van der Waals surface area contributed by atoms with Gasteiger partial charge in [0.15, 0.2) is 0 Å². The zero-order valence-electron chi connectivity index (χ0n) is 23.0. The Labute approximate surface area is 267 Å². The third-order valence-electron chi connectivity index (χ3n) is 8.60. The van der Waals surface area contributed by atoms with Gasteiger partial charge in [-0.05, 0) is 0 Å². The molecule has 0 aliphatic heterocycles. The number of hydrogen-bond acceptors (Lipinski definition) is 0. The molecular weight excluding hydrogens is 734 g/mol. The summed E-state index contributed by atoms with van der Waals surface area (Å²) < 4.78 is 2.27. The summed E-state index contributed by atoms with van der Waals surface area (Å²) in [5.74, 6) is 0. The Balaban J connectivity index is 0.00000158. The Morgan fingerprint density at radius 2 is 1.07 bits per heavy atom. The van der Waals surface area contributed by atoms with Crippen LogP contribution in [0.2, 0.25) is 0 Å². The molecule has 8 rings (SSSR count). The van der Waals surface area contributed by atoms with Crippen LogP contribution >= 0.6 is 0 Å². The zero-order chi connectivity index (χ0) is 26.5. The maximum Gasteiger partial charge on any atom is -1.00 e. The molecule has 0 bridgehead atoms. The number of rotatable bonds is 4. The molecule has 0 spiro atoms. The second-order valence-corrected chi connectivity index (χ2v) is 29.8. The summed E-state index contributed by atoms with van der Waals surface area (Å²) in [4.78, 5) is 0. The fourth-order valence-electron chi connectivity index (χ4n) is 7.01. The first-order valence-corrected chi connectivity index (χ1v) is 24.9. The average molecular weight is 762 g/mol. The summed E-state index contributed by atoms with van der Waals surface area (Å²) in [5.41, 5.74) is 5.13. The minimum absolute atomic E-state index is 0. The van der Waals surface area contributed by atoms with Crippen molar-refractivity contribution in [2.75, 3.05) is 0 Å². The van der Waals surface area contributed by atoms with E-state index in [0.29, 0.717) is 3.67 Å². The van der Waals surface area contributed by atoms with E-state index >= 15 is 0 Å². The van der Waals surface area contributed by atoms with Crippen LogP contribution in [-0.4, -0.2) is 5.49 Å². The minimum Gasteiger partial charge on any atom is -1.00 e. The molecule has 0 N–H and O–H groups in total. The molecule has 0 aromatic heterocycles. The Morgan fingerprint density at radius 1 is 0.548 bits per heavy atom. The summed E-state index contributed by atoms with van der Waals surface area (Å²) in [6.07, 6.45) is 8.36. The normalized spacial score (nSPS) is 14.3. The molecule has 0 saturated heterocycles. The minimum atomic E-state index is -2.76. The van der Waals surface area contributed by atoms with E-state index < -0.39 is 25.6 Å². The third-order valence-corrected chi connectivity index (χ3v) is 36.0. The van der Waals surface area contributed by atoms with Crippen molar-refractivity contribution < 1.29 is 44.9 Å². The monoisotopic (exact) mass is 762 g/mol. The summed E-state index contributed by atoms with van der Waals surface area (Å²) >= 11 is -2.76. The molecule has 2 aliphatic rings. The first-order valence-electron chi connectivity index (χ1n) is 14.1. The van der Waals surface area contributed by atoms with Gasteiger partial charge in [0.1, 0.15) is 0 Å².